The number of nitrogens with zero attached hydrogens (tertiary/aromatic N) is 2. The molecule has 2 aromatic heterocycles. The molecular formula is C26H32N3O8P. The van der Waals surface area contributed by atoms with E-state index in [1.165, 1.54) is 16.8 Å². The van der Waals surface area contributed by atoms with Crippen molar-refractivity contribution in [2.75, 3.05) is 26.9 Å². The summed E-state index contributed by atoms with van der Waals surface area (Å²) in [4.78, 5) is 29.8. The third-order valence-electron chi connectivity index (χ3n) is 5.72. The van der Waals surface area contributed by atoms with Crippen molar-refractivity contribution in [1.29, 1.82) is 0 Å². The van der Waals surface area contributed by atoms with Gasteiger partial charge in [0.05, 0.1) is 39.1 Å². The van der Waals surface area contributed by atoms with Gasteiger partial charge in [-0.1, -0.05) is 36.4 Å². The van der Waals surface area contributed by atoms with E-state index >= 15 is 0 Å². The summed E-state index contributed by atoms with van der Waals surface area (Å²) in [6.07, 6.45) is 5.12. The fourth-order valence-corrected chi connectivity index (χ4v) is 4.85. The highest BCUT2D eigenvalue weighted by molar-refractivity contribution is 7.41. The second-order valence-electron chi connectivity index (χ2n) is 8.63. The number of hydrogen-bond acceptors (Lipinski definition) is 9. The lowest BCUT2D eigenvalue weighted by atomic mass is 10.2. The zero-order valence-electron chi connectivity index (χ0n) is 21.1. The lowest BCUT2D eigenvalue weighted by molar-refractivity contribution is -0.0440. The zero-order chi connectivity index (χ0) is 26.6. The Morgan fingerprint density at radius 3 is 2.63 bits per heavy atom. The molecule has 204 valence electrons. The minimum absolute atomic E-state index is 0.204. The van der Waals surface area contributed by atoms with Gasteiger partial charge in [-0.2, -0.15) is 0 Å². The van der Waals surface area contributed by atoms with Gasteiger partial charge in [0.1, 0.15) is 12.3 Å². The Labute approximate surface area is 221 Å². The van der Waals surface area contributed by atoms with E-state index in [4.69, 9.17) is 27.8 Å². The topological polar surface area (TPSA) is 123 Å². The van der Waals surface area contributed by atoms with Crippen LogP contribution in [-0.2, 0) is 41.0 Å². The van der Waals surface area contributed by atoms with E-state index in [0.29, 0.717) is 32.7 Å². The summed E-state index contributed by atoms with van der Waals surface area (Å²) in [5.41, 5.74) is 0.986. The van der Waals surface area contributed by atoms with Crippen LogP contribution in [0, 0.1) is 0 Å². The molecule has 3 heterocycles. The summed E-state index contributed by atoms with van der Waals surface area (Å²) in [7, 11) is -0.127. The zero-order valence-corrected chi connectivity index (χ0v) is 22.0. The van der Waals surface area contributed by atoms with Crippen LogP contribution in [0.4, 0.5) is 0 Å². The number of hydrogen-bond donors (Lipinski definition) is 1. The molecule has 0 amide bonds. The van der Waals surface area contributed by atoms with Crippen molar-refractivity contribution in [2.45, 2.75) is 44.5 Å². The molecule has 1 fully saturated rings. The van der Waals surface area contributed by atoms with Crippen LogP contribution in [0.1, 0.15) is 30.2 Å². The molecule has 0 bridgehead atoms. The van der Waals surface area contributed by atoms with Crippen LogP contribution >= 0.6 is 8.60 Å². The Morgan fingerprint density at radius 2 is 1.87 bits per heavy atom. The summed E-state index contributed by atoms with van der Waals surface area (Å²) in [6.45, 7) is 1.45. The normalized spacial score (nSPS) is 18.9. The van der Waals surface area contributed by atoms with Crippen molar-refractivity contribution >= 4 is 8.60 Å². The van der Waals surface area contributed by atoms with Gasteiger partial charge < -0.3 is 27.8 Å². The van der Waals surface area contributed by atoms with E-state index in [-0.39, 0.29) is 25.4 Å². The van der Waals surface area contributed by atoms with E-state index in [9.17, 15) is 9.59 Å². The largest absolute Gasteiger partial charge is 0.382 e. The molecule has 3 aromatic rings. The minimum Gasteiger partial charge on any atom is -0.382 e. The molecule has 1 aromatic carbocycles. The molecule has 38 heavy (non-hydrogen) atoms. The number of H-pyrrole nitrogens is 1. The van der Waals surface area contributed by atoms with E-state index in [1.807, 2.05) is 42.5 Å². The number of aromatic amines is 1. The van der Waals surface area contributed by atoms with Crippen molar-refractivity contribution in [3.05, 3.63) is 99.1 Å². The molecule has 1 N–H and O–H groups in total. The second kappa shape index (κ2) is 15.0. The van der Waals surface area contributed by atoms with E-state index in [2.05, 4.69) is 9.97 Å². The number of ether oxygens (including phenoxy) is 3. The average Bonchev–Trinajstić information content (AvgIpc) is 3.41. The van der Waals surface area contributed by atoms with Crippen molar-refractivity contribution < 1.29 is 27.8 Å². The molecule has 4 atom stereocenters. The monoisotopic (exact) mass is 545 g/mol. The van der Waals surface area contributed by atoms with Gasteiger partial charge in [-0.05, 0) is 30.0 Å². The van der Waals surface area contributed by atoms with Gasteiger partial charge in [0.15, 0.2) is 0 Å². The van der Waals surface area contributed by atoms with Crippen LogP contribution in [0.2, 0.25) is 0 Å². The maximum absolute atomic E-state index is 12.1. The molecule has 0 radical (unpaired) electrons. The smallest absolute Gasteiger partial charge is 0.333 e. The number of pyridine rings is 1. The van der Waals surface area contributed by atoms with Crippen LogP contribution in [-0.4, -0.2) is 53.7 Å². The first-order valence-corrected chi connectivity index (χ1v) is 13.4. The molecule has 11 nitrogen and oxygen atoms in total. The second-order valence-corrected chi connectivity index (χ2v) is 9.85. The van der Waals surface area contributed by atoms with Gasteiger partial charge in [-0.15, -0.1) is 0 Å². The predicted octanol–water partition coefficient (Wildman–Crippen LogP) is 3.32. The summed E-state index contributed by atoms with van der Waals surface area (Å²) in [6, 6.07) is 14.8. The maximum atomic E-state index is 12.1. The first-order valence-electron chi connectivity index (χ1n) is 12.3. The van der Waals surface area contributed by atoms with Crippen LogP contribution in [0.5, 0.6) is 0 Å². The molecule has 12 heteroatoms. The molecule has 1 saturated heterocycles. The Bertz CT molecular complexity index is 1210. The quantitative estimate of drug-likeness (QED) is 0.287. The highest BCUT2D eigenvalue weighted by Gasteiger charge is 2.29. The fourth-order valence-electron chi connectivity index (χ4n) is 3.80. The van der Waals surface area contributed by atoms with Crippen molar-refractivity contribution in [3.8, 4) is 0 Å². The number of rotatable bonds is 15. The summed E-state index contributed by atoms with van der Waals surface area (Å²) in [5, 5.41) is 0. The van der Waals surface area contributed by atoms with Gasteiger partial charge in [0, 0.05) is 31.8 Å². The van der Waals surface area contributed by atoms with E-state index in [1.54, 1.807) is 19.5 Å². The first-order chi connectivity index (χ1) is 18.6. The van der Waals surface area contributed by atoms with Gasteiger partial charge in [-0.3, -0.25) is 19.3 Å². The van der Waals surface area contributed by atoms with Gasteiger partial charge in [-0.25, -0.2) is 4.79 Å². The molecule has 1 aliphatic rings. The SMILES string of the molecule is COCC(COP(OCc1ccccc1)OCC1CCC(n2ccc(=O)[nH]c2=O)O1)OCc1cccnc1. The lowest BCUT2D eigenvalue weighted by Gasteiger charge is -2.22. The third kappa shape index (κ3) is 8.92. The minimum atomic E-state index is -1.73. The van der Waals surface area contributed by atoms with Crippen LogP contribution < -0.4 is 11.2 Å². The van der Waals surface area contributed by atoms with Gasteiger partial charge in [0.25, 0.3) is 5.56 Å². The van der Waals surface area contributed by atoms with Crippen LogP contribution in [0.25, 0.3) is 0 Å². The van der Waals surface area contributed by atoms with Crippen molar-refractivity contribution in [3.63, 3.8) is 0 Å². The van der Waals surface area contributed by atoms with E-state index in [0.717, 1.165) is 11.1 Å². The molecule has 0 saturated carbocycles. The van der Waals surface area contributed by atoms with Crippen molar-refractivity contribution in [2.24, 2.45) is 0 Å². The Balaban J connectivity index is 1.31. The maximum Gasteiger partial charge on any atom is 0.333 e. The predicted molar refractivity (Wildman–Crippen MR) is 139 cm³/mol. The molecule has 4 rings (SSSR count). The highest BCUT2D eigenvalue weighted by Crippen LogP contribution is 2.42. The average molecular weight is 546 g/mol. The number of nitrogens with one attached hydrogen (secondary N) is 1. The van der Waals surface area contributed by atoms with Crippen molar-refractivity contribution in [1.82, 2.24) is 14.5 Å². The van der Waals surface area contributed by atoms with Gasteiger partial charge in [0.2, 0.25) is 0 Å². The Morgan fingerprint density at radius 1 is 1.03 bits per heavy atom. The van der Waals surface area contributed by atoms with E-state index < -0.39 is 26.1 Å². The molecule has 0 spiro atoms. The molecule has 0 aliphatic carbocycles. The molecular weight excluding hydrogens is 513 g/mol. The number of aromatic nitrogens is 3. The molecule has 4 unspecified atom stereocenters. The lowest BCUT2D eigenvalue weighted by Crippen LogP contribution is -2.31. The summed E-state index contributed by atoms with van der Waals surface area (Å²) < 4.78 is 36.7. The number of methoxy groups -OCH3 is 1. The number of benzene rings is 1. The first kappa shape index (κ1) is 28.3. The standard InChI is InChI=1S/C26H32N3O8P/c1-32-17-23(33-15-21-8-5-12-27-14-21)19-36-38(34-16-20-6-3-2-4-7-20)35-18-22-9-10-25(37-22)29-13-11-24(30)28-26(29)31/h2-8,11-14,22-23,25H,9-10,15-19H2,1H3,(H,28,30,31). The third-order valence-corrected chi connectivity index (χ3v) is 6.78. The fraction of sp³-hybridized carbons (Fsp3) is 0.423. The Kier molecular flexibility index (Phi) is 11.1. The summed E-state index contributed by atoms with van der Waals surface area (Å²) >= 11 is 0. The molecule has 1 aliphatic heterocycles. The highest BCUT2D eigenvalue weighted by atomic mass is 31.2. The van der Waals surface area contributed by atoms with Gasteiger partial charge >= 0.3 is 14.3 Å². The summed E-state index contributed by atoms with van der Waals surface area (Å²) in [5.74, 6) is 0. The van der Waals surface area contributed by atoms with Crippen LogP contribution in [0.15, 0.2) is 76.7 Å². The Hall–Kier alpha value is -2.76. The van der Waals surface area contributed by atoms with Crippen LogP contribution in [0.3, 0.4) is 0 Å².